The lowest BCUT2D eigenvalue weighted by Crippen LogP contribution is -2.02. The summed E-state index contributed by atoms with van der Waals surface area (Å²) in [6, 6.07) is 3.07. The van der Waals surface area contributed by atoms with Gasteiger partial charge in [-0.25, -0.2) is 4.39 Å². The highest BCUT2D eigenvalue weighted by Gasteiger charge is 2.13. The maximum absolute atomic E-state index is 13.2. The van der Waals surface area contributed by atoms with Crippen LogP contribution in [0.5, 0.6) is 0 Å². The molecule has 13 heavy (non-hydrogen) atoms. The maximum Gasteiger partial charge on any atom is 0.174 e. The van der Waals surface area contributed by atoms with E-state index in [4.69, 9.17) is 11.6 Å². The Bertz CT molecular complexity index is 352. The Kier molecular flexibility index (Phi) is 3.45. The molecule has 0 N–H and O–H groups in total. The zero-order chi connectivity index (χ0) is 10.0. The van der Waals surface area contributed by atoms with Crippen LogP contribution in [0.1, 0.15) is 15.9 Å². The van der Waals surface area contributed by atoms with E-state index in [9.17, 15) is 9.18 Å². The first-order chi connectivity index (χ1) is 6.07. The average Bonchev–Trinajstić information content (AvgIpc) is 2.13. The molecule has 70 valence electrons. The molecule has 0 saturated heterocycles. The minimum Gasteiger partial charge on any atom is -0.293 e. The number of alkyl halides is 1. The standard InChI is InChI=1S/C9H7BrClFO/c1-5-2-3-6(7(13)4-10)8(11)9(5)12/h2-3H,4H2,1H3. The molecule has 0 heterocycles. The van der Waals surface area contributed by atoms with Gasteiger partial charge < -0.3 is 0 Å². The molecule has 0 amide bonds. The van der Waals surface area contributed by atoms with Gasteiger partial charge in [0.05, 0.1) is 10.4 Å². The van der Waals surface area contributed by atoms with Crippen molar-refractivity contribution in [1.29, 1.82) is 0 Å². The first-order valence-electron chi connectivity index (χ1n) is 3.61. The Morgan fingerprint density at radius 1 is 1.62 bits per heavy atom. The number of Topliss-reactive ketones (excluding diaryl/α,β-unsaturated/α-hetero) is 1. The lowest BCUT2D eigenvalue weighted by Gasteiger charge is -2.03. The van der Waals surface area contributed by atoms with Crippen LogP contribution < -0.4 is 0 Å². The Morgan fingerprint density at radius 2 is 2.23 bits per heavy atom. The summed E-state index contributed by atoms with van der Waals surface area (Å²) in [5.41, 5.74) is 0.665. The topological polar surface area (TPSA) is 17.1 Å². The van der Waals surface area contributed by atoms with Crippen LogP contribution >= 0.6 is 27.5 Å². The minimum absolute atomic E-state index is 0.0931. The van der Waals surface area contributed by atoms with E-state index in [1.807, 2.05) is 0 Å². The molecule has 0 fully saturated rings. The number of aryl methyl sites for hydroxylation is 1. The van der Waals surface area contributed by atoms with Crippen molar-refractivity contribution in [2.45, 2.75) is 6.92 Å². The van der Waals surface area contributed by atoms with Crippen molar-refractivity contribution >= 4 is 33.3 Å². The molecule has 0 aliphatic heterocycles. The van der Waals surface area contributed by atoms with Crippen molar-refractivity contribution in [2.24, 2.45) is 0 Å². The second-order valence-electron chi connectivity index (χ2n) is 2.61. The van der Waals surface area contributed by atoms with Crippen molar-refractivity contribution in [3.63, 3.8) is 0 Å². The number of benzene rings is 1. The molecule has 0 radical (unpaired) electrons. The molecule has 0 spiro atoms. The minimum atomic E-state index is -0.520. The van der Waals surface area contributed by atoms with Crippen LogP contribution in [0, 0.1) is 12.7 Å². The number of hydrogen-bond acceptors (Lipinski definition) is 1. The third-order valence-electron chi connectivity index (χ3n) is 1.70. The number of ketones is 1. The summed E-state index contributed by atoms with van der Waals surface area (Å²) in [6.45, 7) is 1.60. The van der Waals surface area contributed by atoms with Crippen molar-refractivity contribution < 1.29 is 9.18 Å². The summed E-state index contributed by atoms with van der Waals surface area (Å²) in [6.07, 6.45) is 0. The molecule has 0 saturated carbocycles. The fourth-order valence-electron chi connectivity index (χ4n) is 0.933. The molecule has 0 unspecified atom stereocenters. The highest BCUT2D eigenvalue weighted by Crippen LogP contribution is 2.23. The first kappa shape index (κ1) is 10.7. The van der Waals surface area contributed by atoms with E-state index in [-0.39, 0.29) is 21.7 Å². The van der Waals surface area contributed by atoms with Gasteiger partial charge in [0.25, 0.3) is 0 Å². The first-order valence-corrected chi connectivity index (χ1v) is 5.11. The summed E-state index contributed by atoms with van der Waals surface area (Å²) in [4.78, 5) is 11.2. The molecule has 0 aromatic heterocycles. The van der Waals surface area contributed by atoms with Crippen molar-refractivity contribution in [1.82, 2.24) is 0 Å². The Hall–Kier alpha value is -0.410. The van der Waals surface area contributed by atoms with Gasteiger partial charge in [-0.1, -0.05) is 33.6 Å². The quantitative estimate of drug-likeness (QED) is 0.592. The Labute approximate surface area is 89.0 Å². The molecular formula is C9H7BrClFO. The van der Waals surface area contributed by atoms with Crippen LogP contribution in [0.25, 0.3) is 0 Å². The molecule has 0 bridgehead atoms. The Balaban J connectivity index is 3.26. The number of hydrogen-bond donors (Lipinski definition) is 0. The monoisotopic (exact) mass is 264 g/mol. The fraction of sp³-hybridized carbons (Fsp3) is 0.222. The van der Waals surface area contributed by atoms with Crippen LogP contribution in [0.4, 0.5) is 4.39 Å². The number of halogens is 3. The molecule has 0 atom stereocenters. The third-order valence-corrected chi connectivity index (χ3v) is 2.58. The highest BCUT2D eigenvalue weighted by molar-refractivity contribution is 9.09. The van der Waals surface area contributed by atoms with E-state index in [2.05, 4.69) is 15.9 Å². The molecule has 0 aliphatic rings. The SMILES string of the molecule is Cc1ccc(C(=O)CBr)c(Cl)c1F. The van der Waals surface area contributed by atoms with Gasteiger partial charge in [0.2, 0.25) is 0 Å². The summed E-state index contributed by atoms with van der Waals surface area (Å²) in [5, 5.41) is 0.0549. The summed E-state index contributed by atoms with van der Waals surface area (Å²) < 4.78 is 13.2. The van der Waals surface area contributed by atoms with Crippen molar-refractivity contribution in [3.05, 3.63) is 34.1 Å². The number of carbonyl (C=O) groups excluding carboxylic acids is 1. The summed E-state index contributed by atoms with van der Waals surface area (Å²) in [5.74, 6) is -0.739. The molecule has 1 aromatic carbocycles. The van der Waals surface area contributed by atoms with Gasteiger partial charge in [-0.3, -0.25) is 4.79 Å². The molecule has 0 aliphatic carbocycles. The lowest BCUT2D eigenvalue weighted by atomic mass is 10.1. The molecule has 1 nitrogen and oxygen atoms in total. The van der Waals surface area contributed by atoms with E-state index >= 15 is 0 Å². The second-order valence-corrected chi connectivity index (χ2v) is 3.55. The zero-order valence-electron chi connectivity index (χ0n) is 6.90. The molecule has 1 rings (SSSR count). The predicted molar refractivity (Wildman–Crippen MR) is 54.3 cm³/mol. The molecule has 4 heteroatoms. The van der Waals surface area contributed by atoms with Crippen molar-refractivity contribution in [2.75, 3.05) is 5.33 Å². The molecule has 1 aromatic rings. The highest BCUT2D eigenvalue weighted by atomic mass is 79.9. The van der Waals surface area contributed by atoms with Gasteiger partial charge in [0.1, 0.15) is 5.82 Å². The number of carbonyl (C=O) groups is 1. The normalized spacial score (nSPS) is 10.2. The Morgan fingerprint density at radius 3 is 2.77 bits per heavy atom. The predicted octanol–water partition coefficient (Wildman–Crippen LogP) is 3.37. The van der Waals surface area contributed by atoms with Gasteiger partial charge in [-0.15, -0.1) is 0 Å². The van der Waals surface area contributed by atoms with Crippen LogP contribution in [0.2, 0.25) is 5.02 Å². The zero-order valence-corrected chi connectivity index (χ0v) is 9.25. The fourth-order valence-corrected chi connectivity index (χ4v) is 1.55. The van der Waals surface area contributed by atoms with E-state index < -0.39 is 5.82 Å². The van der Waals surface area contributed by atoms with E-state index in [0.29, 0.717) is 5.56 Å². The van der Waals surface area contributed by atoms with Crippen LogP contribution in [0.3, 0.4) is 0 Å². The maximum atomic E-state index is 13.2. The van der Waals surface area contributed by atoms with Crippen LogP contribution in [0.15, 0.2) is 12.1 Å². The van der Waals surface area contributed by atoms with Crippen molar-refractivity contribution in [3.8, 4) is 0 Å². The number of rotatable bonds is 2. The summed E-state index contributed by atoms with van der Waals surface area (Å²) in [7, 11) is 0. The van der Waals surface area contributed by atoms with Gasteiger partial charge >= 0.3 is 0 Å². The van der Waals surface area contributed by atoms with Crippen LogP contribution in [-0.2, 0) is 0 Å². The average molecular weight is 266 g/mol. The smallest absolute Gasteiger partial charge is 0.174 e. The largest absolute Gasteiger partial charge is 0.293 e. The van der Waals surface area contributed by atoms with Gasteiger partial charge in [-0.05, 0) is 18.6 Å². The summed E-state index contributed by atoms with van der Waals surface area (Å²) >= 11 is 8.65. The third kappa shape index (κ3) is 2.09. The van der Waals surface area contributed by atoms with E-state index in [0.717, 1.165) is 0 Å². The second kappa shape index (κ2) is 4.20. The van der Waals surface area contributed by atoms with Gasteiger partial charge in [0, 0.05) is 5.56 Å². The molecular weight excluding hydrogens is 258 g/mol. The lowest BCUT2D eigenvalue weighted by molar-refractivity contribution is 0.102. The van der Waals surface area contributed by atoms with Crippen LogP contribution in [-0.4, -0.2) is 11.1 Å². The van der Waals surface area contributed by atoms with Gasteiger partial charge in [0.15, 0.2) is 5.78 Å². The van der Waals surface area contributed by atoms with E-state index in [1.165, 1.54) is 12.1 Å². The van der Waals surface area contributed by atoms with Gasteiger partial charge in [-0.2, -0.15) is 0 Å². The van der Waals surface area contributed by atoms with E-state index in [1.54, 1.807) is 6.92 Å².